The predicted octanol–water partition coefficient (Wildman–Crippen LogP) is 5.36. The summed E-state index contributed by atoms with van der Waals surface area (Å²) >= 11 is 5.99. The van der Waals surface area contributed by atoms with Crippen LogP contribution >= 0.6 is 11.6 Å². The third-order valence-electron chi connectivity index (χ3n) is 5.01. The zero-order valence-electron chi connectivity index (χ0n) is 18.5. The van der Waals surface area contributed by atoms with Gasteiger partial charge in [-0.3, -0.25) is 14.9 Å². The van der Waals surface area contributed by atoms with Crippen LogP contribution in [0.4, 0.5) is 11.8 Å². The van der Waals surface area contributed by atoms with Crippen LogP contribution in [0.5, 0.6) is 0 Å². The van der Waals surface area contributed by atoms with E-state index in [4.69, 9.17) is 11.6 Å². The molecule has 2 rings (SSSR count). The second-order valence-corrected chi connectivity index (χ2v) is 8.68. The Morgan fingerprint density at radius 1 is 0.933 bits per heavy atom. The Labute approximate surface area is 183 Å². The Bertz CT molecular complexity index is 895. The van der Waals surface area contributed by atoms with Gasteiger partial charge in [-0.05, 0) is 43.4 Å². The maximum Gasteiger partial charge on any atom is 0.231 e. The first-order chi connectivity index (χ1) is 14.1. The molecule has 0 saturated heterocycles. The van der Waals surface area contributed by atoms with Crippen molar-refractivity contribution in [2.24, 2.45) is 11.8 Å². The van der Waals surface area contributed by atoms with Gasteiger partial charge in [-0.1, -0.05) is 58.4 Å². The summed E-state index contributed by atoms with van der Waals surface area (Å²) < 4.78 is 0. The first-order valence-corrected chi connectivity index (χ1v) is 10.7. The van der Waals surface area contributed by atoms with E-state index >= 15 is 0 Å². The highest BCUT2D eigenvalue weighted by molar-refractivity contribution is 6.30. The number of rotatable bonds is 8. The third kappa shape index (κ3) is 6.52. The van der Waals surface area contributed by atoms with Gasteiger partial charge >= 0.3 is 0 Å². The summed E-state index contributed by atoms with van der Waals surface area (Å²) in [5.41, 5.74) is 2.82. The number of carbonyl (C=O) groups is 2. The standard InChI is InChI=1S/C23H31ClN4O2/c1-13(2)21(29)26-20-19(12-7-15(5)17-8-10-18(24)11-9-17)16(6)25-23(27-20)28-22(30)14(3)4/h8-11,13-15H,7,12H2,1-6H3,(H2,25,26,27,28,29,30). The zero-order chi connectivity index (χ0) is 22.4. The van der Waals surface area contributed by atoms with Gasteiger partial charge in [0.25, 0.3) is 0 Å². The zero-order valence-corrected chi connectivity index (χ0v) is 19.3. The van der Waals surface area contributed by atoms with Crippen LogP contribution in [0.2, 0.25) is 5.02 Å². The van der Waals surface area contributed by atoms with Crippen molar-refractivity contribution in [3.8, 4) is 0 Å². The summed E-state index contributed by atoms with van der Waals surface area (Å²) in [6.07, 6.45) is 1.55. The topological polar surface area (TPSA) is 84.0 Å². The highest BCUT2D eigenvalue weighted by Gasteiger charge is 2.19. The average Bonchev–Trinajstić information content (AvgIpc) is 2.67. The average molecular weight is 431 g/mol. The highest BCUT2D eigenvalue weighted by atomic mass is 35.5. The molecule has 2 N–H and O–H groups in total. The number of benzene rings is 1. The van der Waals surface area contributed by atoms with Crippen LogP contribution in [0, 0.1) is 18.8 Å². The molecule has 6 nitrogen and oxygen atoms in total. The second kappa shape index (κ2) is 10.5. The molecule has 0 fully saturated rings. The van der Waals surface area contributed by atoms with E-state index in [0.29, 0.717) is 23.2 Å². The lowest BCUT2D eigenvalue weighted by molar-refractivity contribution is -0.119. The van der Waals surface area contributed by atoms with Gasteiger partial charge in [-0.2, -0.15) is 4.98 Å². The van der Waals surface area contributed by atoms with E-state index in [-0.39, 0.29) is 29.6 Å². The van der Waals surface area contributed by atoms with Crippen LogP contribution in [0.1, 0.15) is 63.8 Å². The van der Waals surface area contributed by atoms with Gasteiger partial charge in [0.1, 0.15) is 5.82 Å². The minimum atomic E-state index is -0.192. The molecule has 1 unspecified atom stereocenters. The van der Waals surface area contributed by atoms with Crippen molar-refractivity contribution in [2.45, 2.75) is 60.3 Å². The number of amides is 2. The van der Waals surface area contributed by atoms with Gasteiger partial charge in [0.15, 0.2) is 0 Å². The Balaban J connectivity index is 2.27. The Morgan fingerprint density at radius 3 is 2.07 bits per heavy atom. The van der Waals surface area contributed by atoms with Crippen LogP contribution in [0.15, 0.2) is 24.3 Å². The highest BCUT2D eigenvalue weighted by Crippen LogP contribution is 2.27. The monoisotopic (exact) mass is 430 g/mol. The molecule has 7 heteroatoms. The SMILES string of the molecule is Cc1nc(NC(=O)C(C)C)nc(NC(=O)C(C)C)c1CCC(C)c1ccc(Cl)cc1. The quantitative estimate of drug-likeness (QED) is 0.590. The number of anilines is 2. The molecule has 0 saturated carbocycles. The van der Waals surface area contributed by atoms with Crippen LogP contribution in [-0.2, 0) is 16.0 Å². The minimum Gasteiger partial charge on any atom is -0.310 e. The van der Waals surface area contributed by atoms with Gasteiger partial charge in [-0.15, -0.1) is 0 Å². The fraction of sp³-hybridized carbons (Fsp3) is 0.478. The molecule has 0 bridgehead atoms. The Hall–Kier alpha value is -2.47. The molecule has 1 atom stereocenters. The molecule has 1 aromatic heterocycles. The maximum absolute atomic E-state index is 12.3. The summed E-state index contributed by atoms with van der Waals surface area (Å²) in [5.74, 6) is 0.303. The van der Waals surface area contributed by atoms with Gasteiger partial charge in [0.05, 0.1) is 0 Å². The van der Waals surface area contributed by atoms with Gasteiger partial charge in [-0.25, -0.2) is 4.98 Å². The molecule has 1 aromatic carbocycles. The molecule has 2 amide bonds. The van der Waals surface area contributed by atoms with E-state index in [0.717, 1.165) is 17.7 Å². The molecule has 0 spiro atoms. The summed E-state index contributed by atoms with van der Waals surface area (Å²) in [7, 11) is 0. The molecule has 1 heterocycles. The number of hydrogen-bond acceptors (Lipinski definition) is 4. The minimum absolute atomic E-state index is 0.124. The third-order valence-corrected chi connectivity index (χ3v) is 5.26. The van der Waals surface area contributed by atoms with E-state index in [1.165, 1.54) is 5.56 Å². The van der Waals surface area contributed by atoms with Crippen LogP contribution in [-0.4, -0.2) is 21.8 Å². The second-order valence-electron chi connectivity index (χ2n) is 8.24. The Morgan fingerprint density at radius 2 is 1.50 bits per heavy atom. The molecule has 0 aliphatic carbocycles. The first-order valence-electron chi connectivity index (χ1n) is 10.3. The van der Waals surface area contributed by atoms with Gasteiger partial charge in [0, 0.05) is 28.1 Å². The van der Waals surface area contributed by atoms with Gasteiger partial charge < -0.3 is 5.32 Å². The van der Waals surface area contributed by atoms with Gasteiger partial charge in [0.2, 0.25) is 17.8 Å². The van der Waals surface area contributed by atoms with E-state index in [9.17, 15) is 9.59 Å². The molecule has 162 valence electrons. The number of carbonyl (C=O) groups excluding carboxylic acids is 2. The van der Waals surface area contributed by atoms with Crippen molar-refractivity contribution >= 4 is 35.2 Å². The number of nitrogens with one attached hydrogen (secondary N) is 2. The molecule has 0 aliphatic heterocycles. The van der Waals surface area contributed by atoms with E-state index in [1.807, 2.05) is 45.0 Å². The van der Waals surface area contributed by atoms with Crippen molar-refractivity contribution in [3.05, 3.63) is 46.1 Å². The van der Waals surface area contributed by atoms with Crippen LogP contribution in [0.25, 0.3) is 0 Å². The van der Waals surface area contributed by atoms with E-state index in [1.54, 1.807) is 13.8 Å². The summed E-state index contributed by atoms with van der Waals surface area (Å²) in [4.78, 5) is 33.3. The van der Waals surface area contributed by atoms with Crippen molar-refractivity contribution in [2.75, 3.05) is 10.6 Å². The number of aryl methyl sites for hydroxylation is 1. The lowest BCUT2D eigenvalue weighted by atomic mass is 9.94. The number of aromatic nitrogens is 2. The lowest BCUT2D eigenvalue weighted by Gasteiger charge is -2.18. The molecular weight excluding hydrogens is 400 g/mol. The summed E-state index contributed by atoms with van der Waals surface area (Å²) in [5, 5.41) is 6.34. The number of nitrogens with zero attached hydrogens (tertiary/aromatic N) is 2. The molecule has 0 radical (unpaired) electrons. The van der Waals surface area contributed by atoms with Crippen molar-refractivity contribution < 1.29 is 9.59 Å². The smallest absolute Gasteiger partial charge is 0.231 e. The Kier molecular flexibility index (Phi) is 8.35. The molecule has 2 aromatic rings. The maximum atomic E-state index is 12.3. The van der Waals surface area contributed by atoms with Crippen molar-refractivity contribution in [3.63, 3.8) is 0 Å². The fourth-order valence-corrected chi connectivity index (χ4v) is 3.02. The summed E-state index contributed by atoms with van der Waals surface area (Å²) in [6.45, 7) is 11.3. The predicted molar refractivity (Wildman–Crippen MR) is 122 cm³/mol. The fourth-order valence-electron chi connectivity index (χ4n) is 2.89. The van der Waals surface area contributed by atoms with Crippen LogP contribution < -0.4 is 10.6 Å². The van der Waals surface area contributed by atoms with Crippen molar-refractivity contribution in [1.29, 1.82) is 0 Å². The van der Waals surface area contributed by atoms with Crippen LogP contribution in [0.3, 0.4) is 0 Å². The largest absolute Gasteiger partial charge is 0.310 e. The molecule has 30 heavy (non-hydrogen) atoms. The molecule has 0 aliphatic rings. The first kappa shape index (κ1) is 23.8. The van der Waals surface area contributed by atoms with Crippen molar-refractivity contribution in [1.82, 2.24) is 9.97 Å². The number of halogens is 1. The lowest BCUT2D eigenvalue weighted by Crippen LogP contribution is -2.23. The number of hydrogen-bond donors (Lipinski definition) is 2. The van der Waals surface area contributed by atoms with E-state index < -0.39 is 0 Å². The summed E-state index contributed by atoms with van der Waals surface area (Å²) in [6, 6.07) is 7.84. The normalized spacial score (nSPS) is 12.2. The van der Waals surface area contributed by atoms with E-state index in [2.05, 4.69) is 27.5 Å². The molecular formula is C23H31ClN4O2.